The topological polar surface area (TPSA) is 33.0 Å². The highest BCUT2D eigenvalue weighted by Crippen LogP contribution is 2.33. The highest BCUT2D eigenvalue weighted by Gasteiger charge is 2.06. The van der Waals surface area contributed by atoms with E-state index in [0.29, 0.717) is 27.1 Å². The van der Waals surface area contributed by atoms with E-state index >= 15 is 0 Å². The second-order valence-electron chi connectivity index (χ2n) is 3.43. The highest BCUT2D eigenvalue weighted by molar-refractivity contribution is 9.10. The van der Waals surface area contributed by atoms with Crippen molar-refractivity contribution < 1.29 is 4.74 Å². The first-order valence-corrected chi connectivity index (χ1v) is 6.47. The molecular weight excluding hydrogens is 337 g/mol. The molecule has 0 spiro atoms. The van der Waals surface area contributed by atoms with E-state index in [-0.39, 0.29) is 0 Å². The van der Waals surface area contributed by atoms with Crippen LogP contribution in [0.3, 0.4) is 0 Å². The first kappa shape index (κ1) is 13.2. The van der Waals surface area contributed by atoms with Crippen molar-refractivity contribution in [3.63, 3.8) is 0 Å². The second-order valence-corrected chi connectivity index (χ2v) is 5.16. The van der Waals surface area contributed by atoms with E-state index in [2.05, 4.69) is 15.9 Å². The van der Waals surface area contributed by atoms with Crippen LogP contribution >= 0.6 is 39.1 Å². The van der Waals surface area contributed by atoms with Crippen LogP contribution in [-0.2, 0) is 0 Å². The van der Waals surface area contributed by atoms with Crippen molar-refractivity contribution in [2.75, 3.05) is 0 Å². The van der Waals surface area contributed by atoms with Gasteiger partial charge in [-0.05, 0) is 30.3 Å². The molecule has 2 nitrogen and oxygen atoms in total. The molecule has 0 aliphatic rings. The number of nitriles is 1. The monoisotopic (exact) mass is 341 g/mol. The fraction of sp³-hybridized carbons (Fsp3) is 0. The lowest BCUT2D eigenvalue weighted by Crippen LogP contribution is -1.86. The summed E-state index contributed by atoms with van der Waals surface area (Å²) >= 11 is 15.3. The molecule has 90 valence electrons. The standard InChI is InChI=1S/C13H6BrCl2NO/c14-9-2-4-13(12(16)5-9)18-10-3-1-8(7-17)11(15)6-10/h1-6H. The third kappa shape index (κ3) is 2.97. The molecule has 2 rings (SSSR count). The van der Waals surface area contributed by atoms with Crippen molar-refractivity contribution >= 4 is 39.1 Å². The summed E-state index contributed by atoms with van der Waals surface area (Å²) in [6.07, 6.45) is 0. The van der Waals surface area contributed by atoms with Crippen LogP contribution in [0.5, 0.6) is 11.5 Å². The number of hydrogen-bond acceptors (Lipinski definition) is 2. The van der Waals surface area contributed by atoms with Crippen LogP contribution in [0.25, 0.3) is 0 Å². The minimum atomic E-state index is 0.350. The van der Waals surface area contributed by atoms with E-state index in [1.54, 1.807) is 30.3 Å². The molecule has 5 heteroatoms. The van der Waals surface area contributed by atoms with Crippen molar-refractivity contribution in [2.45, 2.75) is 0 Å². The fourth-order valence-corrected chi connectivity index (χ4v) is 2.26. The van der Waals surface area contributed by atoms with Gasteiger partial charge in [0.2, 0.25) is 0 Å². The summed E-state index contributed by atoms with van der Waals surface area (Å²) in [5.41, 5.74) is 0.408. The molecule has 0 atom stereocenters. The van der Waals surface area contributed by atoms with Crippen molar-refractivity contribution in [1.82, 2.24) is 0 Å². The van der Waals surface area contributed by atoms with E-state index in [4.69, 9.17) is 33.2 Å². The van der Waals surface area contributed by atoms with Gasteiger partial charge in [0.05, 0.1) is 15.6 Å². The predicted molar refractivity (Wildman–Crippen MR) is 75.4 cm³/mol. The molecule has 18 heavy (non-hydrogen) atoms. The Morgan fingerprint density at radius 3 is 2.44 bits per heavy atom. The van der Waals surface area contributed by atoms with Gasteiger partial charge in [-0.1, -0.05) is 39.1 Å². The van der Waals surface area contributed by atoms with Crippen LogP contribution < -0.4 is 4.74 Å². The Morgan fingerprint density at radius 1 is 1.06 bits per heavy atom. The Kier molecular flexibility index (Phi) is 4.13. The van der Waals surface area contributed by atoms with Crippen LogP contribution in [0.2, 0.25) is 10.0 Å². The second kappa shape index (κ2) is 5.62. The van der Waals surface area contributed by atoms with Crippen LogP contribution in [0.1, 0.15) is 5.56 Å². The molecule has 0 saturated carbocycles. The summed E-state index contributed by atoms with van der Waals surface area (Å²) in [4.78, 5) is 0. The summed E-state index contributed by atoms with van der Waals surface area (Å²) in [7, 11) is 0. The Morgan fingerprint density at radius 2 is 1.83 bits per heavy atom. The lowest BCUT2D eigenvalue weighted by Gasteiger charge is -2.08. The maximum absolute atomic E-state index is 8.77. The molecule has 0 aliphatic heterocycles. The van der Waals surface area contributed by atoms with E-state index in [0.717, 1.165) is 4.47 Å². The molecule has 0 N–H and O–H groups in total. The van der Waals surface area contributed by atoms with Crippen LogP contribution in [0.4, 0.5) is 0 Å². The minimum absolute atomic E-state index is 0.350. The predicted octanol–water partition coefficient (Wildman–Crippen LogP) is 5.42. The molecule has 0 fully saturated rings. The molecule has 0 aliphatic carbocycles. The first-order chi connectivity index (χ1) is 8.60. The maximum Gasteiger partial charge on any atom is 0.146 e. The Balaban J connectivity index is 2.29. The third-order valence-electron chi connectivity index (χ3n) is 2.18. The summed E-state index contributed by atoms with van der Waals surface area (Å²) in [6.45, 7) is 0. The van der Waals surface area contributed by atoms with Crippen molar-refractivity contribution in [1.29, 1.82) is 5.26 Å². The zero-order valence-corrected chi connectivity index (χ0v) is 12.1. The first-order valence-electron chi connectivity index (χ1n) is 4.92. The quantitative estimate of drug-likeness (QED) is 0.730. The molecule has 0 saturated heterocycles. The molecule has 0 amide bonds. The number of hydrogen-bond donors (Lipinski definition) is 0. The van der Waals surface area contributed by atoms with Crippen LogP contribution in [0, 0.1) is 11.3 Å². The SMILES string of the molecule is N#Cc1ccc(Oc2ccc(Br)cc2Cl)cc1Cl. The van der Waals surface area contributed by atoms with Gasteiger partial charge in [0.15, 0.2) is 0 Å². The van der Waals surface area contributed by atoms with Gasteiger partial charge in [-0.15, -0.1) is 0 Å². The van der Waals surface area contributed by atoms with Crippen molar-refractivity contribution in [3.8, 4) is 17.6 Å². The van der Waals surface area contributed by atoms with Gasteiger partial charge in [0, 0.05) is 10.5 Å². The molecule has 0 unspecified atom stereocenters. The summed E-state index contributed by atoms with van der Waals surface area (Å²) in [5.74, 6) is 1.06. The van der Waals surface area contributed by atoms with Gasteiger partial charge in [0.1, 0.15) is 17.6 Å². The van der Waals surface area contributed by atoms with Crippen molar-refractivity contribution in [3.05, 3.63) is 56.5 Å². The van der Waals surface area contributed by atoms with Gasteiger partial charge in [-0.2, -0.15) is 5.26 Å². The van der Waals surface area contributed by atoms with Crippen molar-refractivity contribution in [2.24, 2.45) is 0 Å². The highest BCUT2D eigenvalue weighted by atomic mass is 79.9. The lowest BCUT2D eigenvalue weighted by atomic mass is 10.2. The van der Waals surface area contributed by atoms with Gasteiger partial charge in [0.25, 0.3) is 0 Å². The summed E-state index contributed by atoms with van der Waals surface area (Å²) < 4.78 is 6.47. The van der Waals surface area contributed by atoms with Gasteiger partial charge >= 0.3 is 0 Å². The molecule has 0 bridgehead atoms. The maximum atomic E-state index is 8.77. The average molecular weight is 343 g/mol. The number of nitrogens with zero attached hydrogens (tertiary/aromatic N) is 1. The number of rotatable bonds is 2. The largest absolute Gasteiger partial charge is 0.456 e. The van der Waals surface area contributed by atoms with E-state index < -0.39 is 0 Å². The Hall–Kier alpha value is -1.21. The minimum Gasteiger partial charge on any atom is -0.456 e. The zero-order chi connectivity index (χ0) is 13.1. The molecule has 0 heterocycles. The van der Waals surface area contributed by atoms with E-state index in [9.17, 15) is 0 Å². The fourth-order valence-electron chi connectivity index (χ4n) is 1.33. The molecule has 0 radical (unpaired) electrons. The lowest BCUT2D eigenvalue weighted by molar-refractivity contribution is 0.483. The number of ether oxygens (including phenoxy) is 1. The van der Waals surface area contributed by atoms with Gasteiger partial charge < -0.3 is 4.74 Å². The van der Waals surface area contributed by atoms with Gasteiger partial charge in [-0.3, -0.25) is 0 Å². The summed E-state index contributed by atoms with van der Waals surface area (Å²) in [5, 5.41) is 9.61. The van der Waals surface area contributed by atoms with Gasteiger partial charge in [-0.25, -0.2) is 0 Å². The normalized spacial score (nSPS) is 9.89. The average Bonchev–Trinajstić information content (AvgIpc) is 2.33. The Labute approximate surface area is 123 Å². The zero-order valence-electron chi connectivity index (χ0n) is 8.95. The van der Waals surface area contributed by atoms with Crippen LogP contribution in [-0.4, -0.2) is 0 Å². The Bertz CT molecular complexity index is 637. The van der Waals surface area contributed by atoms with E-state index in [1.165, 1.54) is 0 Å². The molecule has 2 aromatic rings. The number of halogens is 3. The smallest absolute Gasteiger partial charge is 0.146 e. The third-order valence-corrected chi connectivity index (χ3v) is 3.28. The summed E-state index contributed by atoms with van der Waals surface area (Å²) in [6, 6.07) is 12.2. The van der Waals surface area contributed by atoms with E-state index in [1.807, 2.05) is 12.1 Å². The molecule has 0 aromatic heterocycles. The number of benzene rings is 2. The van der Waals surface area contributed by atoms with Crippen LogP contribution in [0.15, 0.2) is 40.9 Å². The molecule has 2 aromatic carbocycles. The molecular formula is C13H6BrCl2NO.